The summed E-state index contributed by atoms with van der Waals surface area (Å²) in [5, 5.41) is 0. The average molecular weight is 518 g/mol. The van der Waals surface area contributed by atoms with Gasteiger partial charge in [-0.15, -0.1) is 0 Å². The quantitative estimate of drug-likeness (QED) is 0.406. The van der Waals surface area contributed by atoms with E-state index < -0.39 is 0 Å². The lowest BCUT2D eigenvalue weighted by Crippen LogP contribution is -2.54. The van der Waals surface area contributed by atoms with E-state index in [0.29, 0.717) is 6.04 Å². The Morgan fingerprint density at radius 2 is 1.77 bits per heavy atom. The van der Waals surface area contributed by atoms with Crippen molar-refractivity contribution in [3.05, 3.63) is 126 Å². The van der Waals surface area contributed by atoms with Crippen LogP contribution in [0.1, 0.15) is 51.5 Å². The molecule has 4 heteroatoms. The maximum atomic E-state index is 6.92. The summed E-state index contributed by atoms with van der Waals surface area (Å²) in [6.45, 7) is 4.62. The molecule has 7 rings (SSSR count). The molecule has 4 atom stereocenters. The van der Waals surface area contributed by atoms with E-state index in [2.05, 4.69) is 127 Å². The Labute approximate surface area is 232 Å². The number of benzene rings is 1. The first kappa shape index (κ1) is 24.3. The molecule has 2 aliphatic heterocycles. The highest BCUT2D eigenvalue weighted by atomic mass is 16.5. The van der Waals surface area contributed by atoms with Crippen molar-refractivity contribution >= 4 is 5.90 Å². The molecular formula is C35H37N2O2+. The molecule has 1 aromatic rings. The van der Waals surface area contributed by atoms with Crippen LogP contribution in [0.15, 0.2) is 120 Å². The summed E-state index contributed by atoms with van der Waals surface area (Å²) in [4.78, 5) is 2.56. The van der Waals surface area contributed by atoms with Gasteiger partial charge in [-0.05, 0) is 74.1 Å². The molecule has 0 N–H and O–H groups in total. The molecule has 0 bridgehead atoms. The molecule has 0 spiro atoms. The molecule has 1 aromatic carbocycles. The van der Waals surface area contributed by atoms with Crippen LogP contribution in [0.3, 0.4) is 0 Å². The summed E-state index contributed by atoms with van der Waals surface area (Å²) in [6, 6.07) is 8.85. The van der Waals surface area contributed by atoms with Crippen LogP contribution in [0.25, 0.3) is 0 Å². The third kappa shape index (κ3) is 4.17. The molecular weight excluding hydrogens is 480 g/mol. The van der Waals surface area contributed by atoms with Crippen LogP contribution < -0.4 is 4.74 Å². The maximum Gasteiger partial charge on any atom is 0.375 e. The van der Waals surface area contributed by atoms with Crippen LogP contribution in [0.4, 0.5) is 0 Å². The van der Waals surface area contributed by atoms with Crippen LogP contribution >= 0.6 is 0 Å². The minimum Gasteiger partial charge on any atom is -0.478 e. The minimum atomic E-state index is -0.314. The molecule has 0 amide bonds. The summed E-state index contributed by atoms with van der Waals surface area (Å²) >= 11 is 0. The van der Waals surface area contributed by atoms with Gasteiger partial charge in [-0.1, -0.05) is 66.8 Å². The molecule has 39 heavy (non-hydrogen) atoms. The summed E-state index contributed by atoms with van der Waals surface area (Å²) in [5.74, 6) is 1.82. The fourth-order valence-corrected chi connectivity index (χ4v) is 6.92. The van der Waals surface area contributed by atoms with E-state index in [1.54, 1.807) is 0 Å². The van der Waals surface area contributed by atoms with E-state index in [1.807, 2.05) is 0 Å². The van der Waals surface area contributed by atoms with Crippen LogP contribution in [0, 0.1) is 0 Å². The average Bonchev–Trinajstić information content (AvgIpc) is 3.34. The van der Waals surface area contributed by atoms with Crippen molar-refractivity contribution in [1.29, 1.82) is 0 Å². The third-order valence-corrected chi connectivity index (χ3v) is 8.80. The Bertz CT molecular complexity index is 1440. The Hall–Kier alpha value is -3.79. The number of ether oxygens (including phenoxy) is 2. The van der Waals surface area contributed by atoms with Crippen molar-refractivity contribution in [3.63, 3.8) is 0 Å². The fraction of sp³-hybridized carbons (Fsp3) is 0.343. The number of rotatable bonds is 4. The smallest absolute Gasteiger partial charge is 0.375 e. The predicted octanol–water partition coefficient (Wildman–Crippen LogP) is 6.90. The highest BCUT2D eigenvalue weighted by molar-refractivity contribution is 5.94. The number of allylic oxidation sites excluding steroid dienone is 10. The van der Waals surface area contributed by atoms with Crippen LogP contribution in [-0.4, -0.2) is 45.2 Å². The van der Waals surface area contributed by atoms with Gasteiger partial charge in [0.25, 0.3) is 0 Å². The van der Waals surface area contributed by atoms with Gasteiger partial charge in [0.05, 0.1) is 6.04 Å². The second kappa shape index (κ2) is 9.75. The number of nitrogens with zero attached hydrogens (tertiary/aromatic N) is 2. The highest BCUT2D eigenvalue weighted by Gasteiger charge is 2.57. The van der Waals surface area contributed by atoms with Crippen molar-refractivity contribution in [2.24, 2.45) is 0 Å². The SMILES string of the molecule is CC1(C)C(C2=CC=C(N(C3=CCCC=C3)C3C=CC=CC3)CC2)Oc2ccccc2C2=[N+]1C1C=CC=CC1O2. The van der Waals surface area contributed by atoms with Crippen molar-refractivity contribution in [2.45, 2.75) is 75.8 Å². The van der Waals surface area contributed by atoms with Gasteiger partial charge in [0.1, 0.15) is 11.3 Å². The third-order valence-electron chi connectivity index (χ3n) is 8.80. The first-order valence-electron chi connectivity index (χ1n) is 14.4. The summed E-state index contributed by atoms with van der Waals surface area (Å²) in [5.41, 5.74) is 4.77. The molecule has 0 saturated carbocycles. The van der Waals surface area contributed by atoms with Crippen molar-refractivity contribution < 1.29 is 14.0 Å². The molecule has 4 unspecified atom stereocenters. The fourth-order valence-electron chi connectivity index (χ4n) is 6.92. The van der Waals surface area contributed by atoms with Gasteiger partial charge in [-0.2, -0.15) is 4.58 Å². The molecule has 6 aliphatic rings. The Morgan fingerprint density at radius 1 is 0.897 bits per heavy atom. The van der Waals surface area contributed by atoms with Gasteiger partial charge in [-0.3, -0.25) is 0 Å². The predicted molar refractivity (Wildman–Crippen MR) is 157 cm³/mol. The van der Waals surface area contributed by atoms with E-state index in [0.717, 1.165) is 49.3 Å². The number of para-hydroxylation sites is 1. The van der Waals surface area contributed by atoms with Crippen molar-refractivity contribution in [3.8, 4) is 5.75 Å². The van der Waals surface area contributed by atoms with Crippen molar-refractivity contribution in [2.75, 3.05) is 0 Å². The van der Waals surface area contributed by atoms with Crippen LogP contribution in [0.2, 0.25) is 0 Å². The molecule has 0 aromatic heterocycles. The van der Waals surface area contributed by atoms with Crippen LogP contribution in [-0.2, 0) is 4.74 Å². The largest absolute Gasteiger partial charge is 0.478 e. The maximum absolute atomic E-state index is 6.92. The minimum absolute atomic E-state index is 0.0193. The van der Waals surface area contributed by atoms with E-state index in [1.165, 1.54) is 17.0 Å². The van der Waals surface area contributed by atoms with E-state index in [-0.39, 0.29) is 23.8 Å². The molecule has 0 radical (unpaired) electrons. The standard InChI is InChI=1S/C35H37N2O2/c1-35(2)33(38-31-19-11-9-17-29(31)34-37(35)30-18-10-12-20-32(30)39-34)25-21-23-28(24-22-25)36(26-13-5-3-6-14-26)27-15-7-4-8-16-27/h3,5-7,9-13,15-21,23,26,30,32-33H,4,8,14,22,24H2,1-2H3/q+1. The zero-order valence-corrected chi connectivity index (χ0v) is 22.9. The van der Waals surface area contributed by atoms with E-state index >= 15 is 0 Å². The lowest BCUT2D eigenvalue weighted by molar-refractivity contribution is -0.623. The van der Waals surface area contributed by atoms with Gasteiger partial charge < -0.3 is 14.4 Å². The Kier molecular flexibility index (Phi) is 6.07. The summed E-state index contributed by atoms with van der Waals surface area (Å²) < 4.78 is 16.0. The molecule has 4 aliphatic carbocycles. The first-order valence-corrected chi connectivity index (χ1v) is 14.4. The van der Waals surface area contributed by atoms with Gasteiger partial charge in [0.2, 0.25) is 11.6 Å². The monoisotopic (exact) mass is 517 g/mol. The number of hydrogen-bond donors (Lipinski definition) is 0. The zero-order valence-electron chi connectivity index (χ0n) is 22.9. The lowest BCUT2D eigenvalue weighted by Gasteiger charge is -2.38. The van der Waals surface area contributed by atoms with Gasteiger partial charge in [0.15, 0.2) is 12.2 Å². The number of hydrogen-bond acceptors (Lipinski definition) is 3. The Morgan fingerprint density at radius 3 is 2.56 bits per heavy atom. The second-order valence-electron chi connectivity index (χ2n) is 11.7. The lowest BCUT2D eigenvalue weighted by atomic mass is 9.84. The number of fused-ring (bicyclic) bond motifs is 4. The topological polar surface area (TPSA) is 24.7 Å². The molecule has 4 nitrogen and oxygen atoms in total. The molecule has 198 valence electrons. The summed E-state index contributed by atoms with van der Waals surface area (Å²) in [7, 11) is 0. The van der Waals surface area contributed by atoms with Gasteiger partial charge in [0, 0.05) is 25.2 Å². The van der Waals surface area contributed by atoms with Crippen molar-refractivity contribution in [1.82, 2.24) is 4.90 Å². The molecule has 0 fully saturated rings. The molecule has 2 heterocycles. The highest BCUT2D eigenvalue weighted by Crippen LogP contribution is 2.41. The van der Waals surface area contributed by atoms with Crippen LogP contribution in [0.5, 0.6) is 5.75 Å². The Balaban J connectivity index is 1.27. The van der Waals surface area contributed by atoms with Gasteiger partial charge >= 0.3 is 5.90 Å². The second-order valence-corrected chi connectivity index (χ2v) is 11.7. The zero-order chi connectivity index (χ0) is 26.4. The summed E-state index contributed by atoms with van der Waals surface area (Å²) in [6.07, 6.45) is 34.5. The van der Waals surface area contributed by atoms with Gasteiger partial charge in [-0.25, -0.2) is 0 Å². The first-order chi connectivity index (χ1) is 19.1. The molecule has 0 saturated heterocycles. The van der Waals surface area contributed by atoms with E-state index in [9.17, 15) is 0 Å². The normalized spacial score (nSPS) is 29.7. The van der Waals surface area contributed by atoms with E-state index in [4.69, 9.17) is 9.47 Å².